The molecule has 11 heteroatoms. The molecule has 0 aliphatic carbocycles. The molecule has 0 saturated carbocycles. The van der Waals surface area contributed by atoms with Gasteiger partial charge in [0.25, 0.3) is 5.91 Å². The number of fused-ring (bicyclic) bond motifs is 3. The van der Waals surface area contributed by atoms with Crippen LogP contribution in [0, 0.1) is 11.6 Å². The molecule has 0 atom stereocenters. The zero-order valence-corrected chi connectivity index (χ0v) is 22.5. The number of amides is 1. The molecule has 3 aromatic carbocycles. The molecule has 0 saturated heterocycles. The molecular formula is C29H25ClF2N4O4. The molecule has 5 rings (SSSR count). The molecule has 1 aliphatic heterocycles. The van der Waals surface area contributed by atoms with Crippen LogP contribution in [0.3, 0.4) is 0 Å². The van der Waals surface area contributed by atoms with E-state index in [1.54, 1.807) is 48.1 Å². The van der Waals surface area contributed by atoms with Crippen LogP contribution in [0.5, 0.6) is 5.75 Å². The maximum atomic E-state index is 14.6. The first-order chi connectivity index (χ1) is 19.3. The van der Waals surface area contributed by atoms with Gasteiger partial charge in [0, 0.05) is 48.4 Å². The van der Waals surface area contributed by atoms with E-state index in [1.807, 2.05) is 0 Å². The van der Waals surface area contributed by atoms with Crippen molar-refractivity contribution in [3.8, 4) is 17.0 Å². The molecule has 1 N–H and O–H groups in total. The second-order valence-corrected chi connectivity index (χ2v) is 9.60. The molecule has 0 radical (unpaired) electrons. The predicted octanol–water partition coefficient (Wildman–Crippen LogP) is 5.45. The number of benzene rings is 3. The first-order valence-electron chi connectivity index (χ1n) is 12.4. The smallest absolute Gasteiger partial charge is 0.337 e. The zero-order chi connectivity index (χ0) is 28.4. The summed E-state index contributed by atoms with van der Waals surface area (Å²) in [6.45, 7) is 0.248. The molecular weight excluding hydrogens is 542 g/mol. The highest BCUT2D eigenvalue weighted by Crippen LogP contribution is 2.40. The number of rotatable bonds is 8. The third-order valence-electron chi connectivity index (χ3n) is 6.61. The molecule has 8 nitrogen and oxygen atoms in total. The minimum atomic E-state index is -0.607. The van der Waals surface area contributed by atoms with Crippen LogP contribution in [0.15, 0.2) is 60.7 Å². The van der Waals surface area contributed by atoms with E-state index in [0.717, 1.165) is 6.07 Å². The summed E-state index contributed by atoms with van der Waals surface area (Å²) in [5.74, 6) is -1.46. The van der Waals surface area contributed by atoms with Gasteiger partial charge in [-0.2, -0.15) is 5.10 Å². The first kappa shape index (κ1) is 27.1. The van der Waals surface area contributed by atoms with Crippen molar-refractivity contribution in [2.45, 2.75) is 13.2 Å². The van der Waals surface area contributed by atoms with Gasteiger partial charge in [-0.15, -0.1) is 0 Å². The third-order valence-corrected chi connectivity index (χ3v) is 6.84. The number of ether oxygens (including phenoxy) is 2. The number of aromatic nitrogens is 2. The van der Waals surface area contributed by atoms with Gasteiger partial charge in [-0.1, -0.05) is 29.8 Å². The predicted molar refractivity (Wildman–Crippen MR) is 145 cm³/mol. The van der Waals surface area contributed by atoms with Crippen LogP contribution in [-0.2, 0) is 24.9 Å². The van der Waals surface area contributed by atoms with Gasteiger partial charge in [-0.05, 0) is 42.5 Å². The monoisotopic (exact) mass is 566 g/mol. The number of nitrogens with one attached hydrogen (secondary N) is 1. The van der Waals surface area contributed by atoms with Crippen molar-refractivity contribution in [2.75, 3.05) is 25.5 Å². The van der Waals surface area contributed by atoms with Crippen LogP contribution in [0.25, 0.3) is 11.3 Å². The fourth-order valence-corrected chi connectivity index (χ4v) is 4.81. The van der Waals surface area contributed by atoms with Crippen LogP contribution < -0.4 is 10.1 Å². The van der Waals surface area contributed by atoms with Gasteiger partial charge in [0.15, 0.2) is 5.69 Å². The van der Waals surface area contributed by atoms with Gasteiger partial charge in [0.1, 0.15) is 24.0 Å². The van der Waals surface area contributed by atoms with Crippen molar-refractivity contribution in [2.24, 2.45) is 7.05 Å². The van der Waals surface area contributed by atoms with Gasteiger partial charge < -0.3 is 19.7 Å². The molecule has 1 aromatic heterocycles. The standard InChI is InChI=1S/C29H25ClF2N4O4/c1-35-27-20-14-19(30)8-10-25(20)40-16-21(27)26(34-35)28(37)36(15-18-5-3-4-6-22(18)31)12-11-33-24-13-17(29(38)39-2)7-9-23(24)32/h3-10,13-14,33H,11-12,15-16H2,1-2H3. The molecule has 0 unspecified atom stereocenters. The van der Waals surface area contributed by atoms with E-state index in [1.165, 1.54) is 30.2 Å². The lowest BCUT2D eigenvalue weighted by atomic mass is 10.0. The Hall–Kier alpha value is -4.44. The van der Waals surface area contributed by atoms with E-state index in [9.17, 15) is 18.4 Å². The van der Waals surface area contributed by atoms with Gasteiger partial charge in [-0.25, -0.2) is 13.6 Å². The maximum Gasteiger partial charge on any atom is 0.337 e. The Morgan fingerprint density at radius 3 is 2.70 bits per heavy atom. The Bertz CT molecular complexity index is 1610. The second kappa shape index (κ2) is 11.4. The lowest BCUT2D eigenvalue weighted by molar-refractivity contribution is 0.0600. The van der Waals surface area contributed by atoms with E-state index >= 15 is 0 Å². The summed E-state index contributed by atoms with van der Waals surface area (Å²) in [5.41, 5.74) is 2.73. The van der Waals surface area contributed by atoms with Crippen LogP contribution in [0.2, 0.25) is 5.02 Å². The summed E-state index contributed by atoms with van der Waals surface area (Å²) >= 11 is 6.22. The van der Waals surface area contributed by atoms with E-state index in [4.69, 9.17) is 21.1 Å². The second-order valence-electron chi connectivity index (χ2n) is 9.16. The summed E-state index contributed by atoms with van der Waals surface area (Å²) in [6, 6.07) is 15.2. The average Bonchev–Trinajstić information content (AvgIpc) is 3.30. The van der Waals surface area contributed by atoms with Crippen LogP contribution in [-0.4, -0.2) is 46.8 Å². The zero-order valence-electron chi connectivity index (χ0n) is 21.7. The summed E-state index contributed by atoms with van der Waals surface area (Å²) in [6.07, 6.45) is 0. The minimum absolute atomic E-state index is 0.0491. The number of hydrogen-bond donors (Lipinski definition) is 1. The molecule has 206 valence electrons. The number of hydrogen-bond acceptors (Lipinski definition) is 6. The fourth-order valence-electron chi connectivity index (χ4n) is 4.64. The largest absolute Gasteiger partial charge is 0.488 e. The van der Waals surface area contributed by atoms with E-state index in [0.29, 0.717) is 33.2 Å². The van der Waals surface area contributed by atoms with Gasteiger partial charge in [0.2, 0.25) is 0 Å². The minimum Gasteiger partial charge on any atom is -0.488 e. The summed E-state index contributed by atoms with van der Waals surface area (Å²) in [7, 11) is 2.96. The van der Waals surface area contributed by atoms with Crippen molar-refractivity contribution in [1.29, 1.82) is 0 Å². The SMILES string of the molecule is COC(=O)c1ccc(F)c(NCCN(Cc2ccccc2F)C(=O)c2nn(C)c3c2COc2ccc(Cl)cc2-3)c1. The van der Waals surface area contributed by atoms with Crippen molar-refractivity contribution >= 4 is 29.2 Å². The number of methoxy groups -OCH3 is 1. The normalized spacial score (nSPS) is 11.7. The quantitative estimate of drug-likeness (QED) is 0.285. The van der Waals surface area contributed by atoms with Crippen molar-refractivity contribution in [3.63, 3.8) is 0 Å². The lowest BCUT2D eigenvalue weighted by Crippen LogP contribution is -2.36. The summed E-state index contributed by atoms with van der Waals surface area (Å²) in [5, 5.41) is 7.94. The molecule has 0 fully saturated rings. The van der Waals surface area contributed by atoms with Crippen molar-refractivity contribution < 1.29 is 27.8 Å². The number of carbonyl (C=O) groups excluding carboxylic acids is 2. The maximum absolute atomic E-state index is 14.6. The average molecular weight is 567 g/mol. The van der Waals surface area contributed by atoms with E-state index in [2.05, 4.69) is 10.4 Å². The Balaban J connectivity index is 1.43. The van der Waals surface area contributed by atoms with Crippen molar-refractivity contribution in [1.82, 2.24) is 14.7 Å². The highest BCUT2D eigenvalue weighted by molar-refractivity contribution is 6.31. The Morgan fingerprint density at radius 2 is 1.93 bits per heavy atom. The molecule has 1 aliphatic rings. The summed E-state index contributed by atoms with van der Waals surface area (Å²) in [4.78, 5) is 27.2. The number of esters is 1. The molecule has 1 amide bonds. The molecule has 4 aromatic rings. The Kier molecular flexibility index (Phi) is 7.70. The highest BCUT2D eigenvalue weighted by Gasteiger charge is 2.31. The number of carbonyl (C=O) groups is 2. The number of halogens is 3. The summed E-state index contributed by atoms with van der Waals surface area (Å²) < 4.78 is 41.2. The molecule has 0 spiro atoms. The Labute approximate surface area is 234 Å². The Morgan fingerprint density at radius 1 is 1.12 bits per heavy atom. The molecule has 40 heavy (non-hydrogen) atoms. The van der Waals surface area contributed by atoms with Crippen LogP contribution in [0.4, 0.5) is 14.5 Å². The number of nitrogens with zero attached hydrogens (tertiary/aromatic N) is 3. The lowest BCUT2D eigenvalue weighted by Gasteiger charge is -2.24. The number of anilines is 1. The van der Waals surface area contributed by atoms with Crippen LogP contribution >= 0.6 is 11.6 Å². The number of aryl methyl sites for hydroxylation is 1. The highest BCUT2D eigenvalue weighted by atomic mass is 35.5. The van der Waals surface area contributed by atoms with Gasteiger partial charge >= 0.3 is 5.97 Å². The third kappa shape index (κ3) is 5.35. The topological polar surface area (TPSA) is 85.7 Å². The van der Waals surface area contributed by atoms with E-state index in [-0.39, 0.29) is 43.2 Å². The van der Waals surface area contributed by atoms with Gasteiger partial charge in [0.05, 0.1) is 24.1 Å². The first-order valence-corrected chi connectivity index (χ1v) is 12.8. The molecule has 0 bridgehead atoms. The molecule has 2 heterocycles. The van der Waals surface area contributed by atoms with Crippen molar-refractivity contribution in [3.05, 3.63) is 99.7 Å². The van der Waals surface area contributed by atoms with Crippen LogP contribution in [0.1, 0.15) is 32.0 Å². The van der Waals surface area contributed by atoms with Gasteiger partial charge in [-0.3, -0.25) is 9.48 Å². The fraction of sp³-hybridized carbons (Fsp3) is 0.207. The van der Waals surface area contributed by atoms with E-state index < -0.39 is 23.5 Å².